The Balaban J connectivity index is 1.43. The van der Waals surface area contributed by atoms with Crippen molar-refractivity contribution in [3.63, 3.8) is 0 Å². The molecule has 0 saturated heterocycles. The highest BCUT2D eigenvalue weighted by Gasteiger charge is 2.63. The predicted octanol–water partition coefficient (Wildman–Crippen LogP) is 4.63. The molecule has 0 spiro atoms. The zero-order valence-corrected chi connectivity index (χ0v) is 17.9. The normalized spacial score (nSPS) is 45.3. The van der Waals surface area contributed by atoms with Gasteiger partial charge in [-0.15, -0.1) is 0 Å². The lowest BCUT2D eigenvalue weighted by molar-refractivity contribution is -0.126. The van der Waals surface area contributed by atoms with Crippen LogP contribution in [-0.2, 0) is 6.42 Å². The molecule has 4 aliphatic rings. The predicted molar refractivity (Wildman–Crippen MR) is 116 cm³/mol. The van der Waals surface area contributed by atoms with Crippen LogP contribution >= 0.6 is 0 Å². The zero-order chi connectivity index (χ0) is 20.3. The van der Waals surface area contributed by atoms with Crippen LogP contribution in [0.3, 0.4) is 0 Å². The van der Waals surface area contributed by atoms with Crippen LogP contribution in [0.15, 0.2) is 41.1 Å². The van der Waals surface area contributed by atoms with E-state index in [4.69, 9.17) is 5.84 Å². The Kier molecular flexibility index (Phi) is 4.43. The summed E-state index contributed by atoms with van der Waals surface area (Å²) in [5.74, 6) is 7.67. The van der Waals surface area contributed by atoms with Gasteiger partial charge in [0.25, 0.3) is 0 Å². The average molecular weight is 394 g/mol. The lowest BCUT2D eigenvalue weighted by Gasteiger charge is -2.59. The minimum absolute atomic E-state index is 0.00180. The van der Waals surface area contributed by atoms with Crippen molar-refractivity contribution in [2.45, 2.75) is 77.2 Å². The van der Waals surface area contributed by atoms with Gasteiger partial charge in [-0.25, -0.2) is 0 Å². The van der Waals surface area contributed by atoms with Gasteiger partial charge in [0.15, 0.2) is 0 Å². The molecule has 0 aromatic carbocycles. The number of nitrogens with two attached hydrogens (primary N) is 1. The summed E-state index contributed by atoms with van der Waals surface area (Å²) in [4.78, 5) is 4.53. The van der Waals surface area contributed by atoms with E-state index in [1.165, 1.54) is 25.7 Å². The molecule has 0 amide bonds. The fourth-order valence-electron chi connectivity index (χ4n) is 7.88. The van der Waals surface area contributed by atoms with E-state index in [1.807, 2.05) is 18.3 Å². The SMILES string of the molecule is C[C@]12CC/C(=N\N)C=C1CC[C@@H]1[C@@H]2CC[C@@]2(C)[C@H]1CC[C@@]2(O)Cc1ccccn1. The van der Waals surface area contributed by atoms with Gasteiger partial charge >= 0.3 is 0 Å². The number of nitrogens with zero attached hydrogens (tertiary/aromatic N) is 2. The molecule has 0 radical (unpaired) electrons. The summed E-state index contributed by atoms with van der Waals surface area (Å²) in [7, 11) is 0. The number of hydrazone groups is 1. The van der Waals surface area contributed by atoms with Crippen LogP contribution < -0.4 is 5.84 Å². The molecule has 0 unspecified atom stereocenters. The Morgan fingerprint density at radius 1 is 1.10 bits per heavy atom. The smallest absolute Gasteiger partial charge is 0.0759 e. The summed E-state index contributed by atoms with van der Waals surface area (Å²) >= 11 is 0. The van der Waals surface area contributed by atoms with E-state index in [0.29, 0.717) is 17.8 Å². The van der Waals surface area contributed by atoms with E-state index >= 15 is 0 Å². The van der Waals surface area contributed by atoms with Crippen LogP contribution in [0.4, 0.5) is 0 Å². The van der Waals surface area contributed by atoms with Crippen molar-refractivity contribution in [1.82, 2.24) is 4.98 Å². The third-order valence-electron chi connectivity index (χ3n) is 9.66. The number of hydrogen-bond donors (Lipinski definition) is 2. The molecule has 29 heavy (non-hydrogen) atoms. The lowest BCUT2D eigenvalue weighted by atomic mass is 9.46. The minimum Gasteiger partial charge on any atom is -0.389 e. The van der Waals surface area contributed by atoms with Crippen LogP contribution in [0.5, 0.6) is 0 Å². The fourth-order valence-corrected chi connectivity index (χ4v) is 7.88. The largest absolute Gasteiger partial charge is 0.389 e. The van der Waals surface area contributed by atoms with Crippen molar-refractivity contribution in [1.29, 1.82) is 0 Å². The highest BCUT2D eigenvalue weighted by molar-refractivity contribution is 5.96. The monoisotopic (exact) mass is 393 g/mol. The van der Waals surface area contributed by atoms with Gasteiger partial charge in [0.1, 0.15) is 0 Å². The number of aromatic nitrogens is 1. The second-order valence-corrected chi connectivity index (χ2v) is 10.6. The first-order valence-electron chi connectivity index (χ1n) is 11.5. The highest BCUT2D eigenvalue weighted by atomic mass is 16.3. The number of pyridine rings is 1. The van der Waals surface area contributed by atoms with Crippen LogP contribution in [0.1, 0.15) is 70.9 Å². The number of aliphatic hydroxyl groups is 1. The standard InChI is InChI=1S/C25H35N3O/c1-23-11-8-18(28-26)15-17(23)6-7-20-21(23)9-12-24(2)22(20)10-13-25(24,29)16-19-5-3-4-14-27-19/h3-5,14-15,20-22,29H,6-13,16,26H2,1-2H3/b28-18+/t20-,21+,22+,23+,24+,25-/m1/s1. The zero-order valence-electron chi connectivity index (χ0n) is 17.9. The maximum Gasteiger partial charge on any atom is 0.0759 e. The summed E-state index contributed by atoms with van der Waals surface area (Å²) in [6.45, 7) is 4.89. The molecule has 1 aromatic heterocycles. The number of fused-ring (bicyclic) bond motifs is 5. The molecule has 6 atom stereocenters. The van der Waals surface area contributed by atoms with E-state index in [0.717, 1.165) is 48.9 Å². The molecule has 1 aromatic rings. The summed E-state index contributed by atoms with van der Waals surface area (Å²) in [5.41, 5.74) is 3.35. The number of rotatable bonds is 2. The van der Waals surface area contributed by atoms with Crippen molar-refractivity contribution in [3.05, 3.63) is 41.7 Å². The third kappa shape index (κ3) is 2.74. The van der Waals surface area contributed by atoms with E-state index in [1.54, 1.807) is 5.57 Å². The Morgan fingerprint density at radius 3 is 2.69 bits per heavy atom. The van der Waals surface area contributed by atoms with E-state index in [2.05, 4.69) is 36.1 Å². The van der Waals surface area contributed by atoms with Gasteiger partial charge in [-0.1, -0.05) is 25.5 Å². The number of allylic oxidation sites excluding steroid dienone is 2. The first-order valence-corrected chi connectivity index (χ1v) is 11.5. The van der Waals surface area contributed by atoms with Crippen LogP contribution in [-0.4, -0.2) is 21.4 Å². The van der Waals surface area contributed by atoms with Gasteiger partial charge in [0, 0.05) is 18.3 Å². The third-order valence-corrected chi connectivity index (χ3v) is 9.66. The Bertz CT molecular complexity index is 849. The van der Waals surface area contributed by atoms with Gasteiger partial charge in [-0.05, 0) is 98.2 Å². The highest BCUT2D eigenvalue weighted by Crippen LogP contribution is 2.67. The Hall–Kier alpha value is -1.68. The molecule has 3 saturated carbocycles. The maximum atomic E-state index is 11.9. The van der Waals surface area contributed by atoms with Crippen molar-refractivity contribution < 1.29 is 5.11 Å². The molecule has 4 heteroatoms. The fraction of sp³-hybridized carbons (Fsp3) is 0.680. The molecule has 1 heterocycles. The van der Waals surface area contributed by atoms with E-state index in [-0.39, 0.29) is 5.41 Å². The summed E-state index contributed by atoms with van der Waals surface area (Å²) in [5, 5.41) is 15.9. The molecule has 0 aliphatic heterocycles. The first-order chi connectivity index (χ1) is 13.9. The van der Waals surface area contributed by atoms with Gasteiger partial charge in [-0.3, -0.25) is 4.98 Å². The topological polar surface area (TPSA) is 71.5 Å². The lowest BCUT2D eigenvalue weighted by Crippen LogP contribution is -2.55. The maximum absolute atomic E-state index is 11.9. The van der Waals surface area contributed by atoms with Gasteiger partial charge < -0.3 is 10.9 Å². The Morgan fingerprint density at radius 2 is 1.93 bits per heavy atom. The molecule has 3 N–H and O–H groups in total. The Labute approximate surface area is 174 Å². The molecule has 5 rings (SSSR count). The average Bonchev–Trinajstić information content (AvgIpc) is 2.99. The summed E-state index contributed by atoms with van der Waals surface area (Å²) in [6.07, 6.45) is 13.9. The van der Waals surface area contributed by atoms with Crippen molar-refractivity contribution >= 4 is 5.71 Å². The molecule has 3 fully saturated rings. The molecule has 4 aliphatic carbocycles. The van der Waals surface area contributed by atoms with Gasteiger partial charge in [0.2, 0.25) is 0 Å². The molecular weight excluding hydrogens is 358 g/mol. The van der Waals surface area contributed by atoms with Crippen LogP contribution in [0.25, 0.3) is 0 Å². The summed E-state index contributed by atoms with van der Waals surface area (Å²) in [6, 6.07) is 6.06. The summed E-state index contributed by atoms with van der Waals surface area (Å²) < 4.78 is 0. The van der Waals surface area contributed by atoms with Crippen molar-refractivity contribution in [2.24, 2.45) is 39.5 Å². The molecule has 156 valence electrons. The van der Waals surface area contributed by atoms with Gasteiger partial charge in [0.05, 0.1) is 11.3 Å². The van der Waals surface area contributed by atoms with Crippen molar-refractivity contribution in [3.8, 4) is 0 Å². The molecule has 0 bridgehead atoms. The second kappa shape index (κ2) is 6.66. The first kappa shape index (κ1) is 19.3. The molecular formula is C25H35N3O. The number of hydrogen-bond acceptors (Lipinski definition) is 4. The van der Waals surface area contributed by atoms with Crippen LogP contribution in [0, 0.1) is 28.6 Å². The minimum atomic E-state index is -0.625. The quantitative estimate of drug-likeness (QED) is 0.568. The second-order valence-electron chi connectivity index (χ2n) is 10.6. The van der Waals surface area contributed by atoms with E-state index in [9.17, 15) is 5.11 Å². The van der Waals surface area contributed by atoms with E-state index < -0.39 is 5.60 Å². The van der Waals surface area contributed by atoms with Crippen LogP contribution in [0.2, 0.25) is 0 Å². The molecule has 4 nitrogen and oxygen atoms in total. The van der Waals surface area contributed by atoms with Gasteiger partial charge in [-0.2, -0.15) is 5.10 Å². The van der Waals surface area contributed by atoms with Crippen molar-refractivity contribution in [2.75, 3.05) is 0 Å².